The van der Waals surface area contributed by atoms with Gasteiger partial charge in [-0.05, 0) is 25.5 Å². The summed E-state index contributed by atoms with van der Waals surface area (Å²) >= 11 is 0. The summed E-state index contributed by atoms with van der Waals surface area (Å²) in [4.78, 5) is 15.8. The summed E-state index contributed by atoms with van der Waals surface area (Å²) < 4.78 is 6.51. The number of aromatic nitrogens is 3. The van der Waals surface area contributed by atoms with Crippen LogP contribution < -0.4 is 5.73 Å². The summed E-state index contributed by atoms with van der Waals surface area (Å²) in [6.07, 6.45) is 4.95. The topological polar surface area (TPSA) is 83.0 Å². The van der Waals surface area contributed by atoms with Gasteiger partial charge in [0, 0.05) is 6.20 Å². The van der Waals surface area contributed by atoms with Crippen LogP contribution in [-0.2, 0) is 4.74 Å². The predicted octanol–water partition coefficient (Wildman–Crippen LogP) is 1.33. The molecule has 2 rings (SSSR count). The SMILES string of the molecule is CCOC(=O)c1cc(-n2cc(C)cn2)ncc1N. The molecule has 0 saturated heterocycles. The van der Waals surface area contributed by atoms with Gasteiger partial charge in [0.15, 0.2) is 5.82 Å². The third-order valence-electron chi connectivity index (χ3n) is 2.36. The monoisotopic (exact) mass is 246 g/mol. The Labute approximate surface area is 104 Å². The largest absolute Gasteiger partial charge is 0.462 e. The van der Waals surface area contributed by atoms with Crippen LogP contribution in [-0.4, -0.2) is 27.3 Å². The number of carbonyl (C=O) groups is 1. The normalized spacial score (nSPS) is 10.3. The first kappa shape index (κ1) is 12.1. The van der Waals surface area contributed by atoms with E-state index in [0.29, 0.717) is 23.7 Å². The van der Waals surface area contributed by atoms with Crippen LogP contribution in [0.5, 0.6) is 0 Å². The van der Waals surface area contributed by atoms with Crippen LogP contribution in [0.3, 0.4) is 0 Å². The number of ether oxygens (including phenoxy) is 1. The summed E-state index contributed by atoms with van der Waals surface area (Å²) in [5, 5.41) is 4.12. The molecule has 2 aromatic heterocycles. The summed E-state index contributed by atoms with van der Waals surface area (Å²) in [5.74, 6) is 0.0721. The van der Waals surface area contributed by atoms with Crippen LogP contribution in [0.25, 0.3) is 5.82 Å². The zero-order valence-corrected chi connectivity index (χ0v) is 10.3. The Kier molecular flexibility index (Phi) is 3.27. The van der Waals surface area contributed by atoms with E-state index in [4.69, 9.17) is 10.5 Å². The van der Waals surface area contributed by atoms with Crippen molar-refractivity contribution in [2.24, 2.45) is 0 Å². The third kappa shape index (κ3) is 2.32. The molecule has 6 heteroatoms. The molecule has 6 nitrogen and oxygen atoms in total. The van der Waals surface area contributed by atoms with Gasteiger partial charge in [-0.3, -0.25) is 0 Å². The average molecular weight is 246 g/mol. The maximum atomic E-state index is 11.7. The van der Waals surface area contributed by atoms with E-state index in [1.807, 2.05) is 13.1 Å². The molecule has 0 bridgehead atoms. The van der Waals surface area contributed by atoms with E-state index in [0.717, 1.165) is 5.56 Å². The fourth-order valence-corrected chi connectivity index (χ4v) is 1.50. The van der Waals surface area contributed by atoms with Gasteiger partial charge in [-0.25, -0.2) is 14.5 Å². The van der Waals surface area contributed by atoms with Gasteiger partial charge in [0.05, 0.1) is 30.3 Å². The number of nitrogens with two attached hydrogens (primary N) is 1. The number of nitrogens with zero attached hydrogens (tertiary/aromatic N) is 3. The molecule has 0 saturated carbocycles. The first-order valence-electron chi connectivity index (χ1n) is 5.56. The number of esters is 1. The molecule has 0 aliphatic carbocycles. The Morgan fingerprint density at radius 3 is 2.89 bits per heavy atom. The van der Waals surface area contributed by atoms with E-state index in [2.05, 4.69) is 10.1 Å². The van der Waals surface area contributed by atoms with Crippen molar-refractivity contribution in [3.63, 3.8) is 0 Å². The molecular weight excluding hydrogens is 232 g/mol. The number of hydrogen-bond acceptors (Lipinski definition) is 5. The van der Waals surface area contributed by atoms with Gasteiger partial charge in [0.25, 0.3) is 0 Å². The van der Waals surface area contributed by atoms with E-state index >= 15 is 0 Å². The quantitative estimate of drug-likeness (QED) is 0.826. The highest BCUT2D eigenvalue weighted by atomic mass is 16.5. The second kappa shape index (κ2) is 4.87. The molecule has 18 heavy (non-hydrogen) atoms. The van der Waals surface area contributed by atoms with Gasteiger partial charge in [-0.2, -0.15) is 5.10 Å². The first-order chi connectivity index (χ1) is 8.61. The average Bonchev–Trinajstić information content (AvgIpc) is 2.77. The van der Waals surface area contributed by atoms with Crippen LogP contribution in [0, 0.1) is 6.92 Å². The Hall–Kier alpha value is -2.37. The van der Waals surface area contributed by atoms with E-state index in [9.17, 15) is 4.79 Å². The zero-order chi connectivity index (χ0) is 13.1. The first-order valence-corrected chi connectivity index (χ1v) is 5.56. The summed E-state index contributed by atoms with van der Waals surface area (Å²) in [6.45, 7) is 3.97. The van der Waals surface area contributed by atoms with Crippen LogP contribution in [0.15, 0.2) is 24.7 Å². The minimum atomic E-state index is -0.456. The van der Waals surface area contributed by atoms with Crippen molar-refractivity contribution in [1.82, 2.24) is 14.8 Å². The molecule has 0 radical (unpaired) electrons. The van der Waals surface area contributed by atoms with Crippen molar-refractivity contribution in [3.8, 4) is 5.82 Å². The van der Waals surface area contributed by atoms with Gasteiger partial charge >= 0.3 is 5.97 Å². The van der Waals surface area contributed by atoms with Crippen molar-refractivity contribution in [2.45, 2.75) is 13.8 Å². The lowest BCUT2D eigenvalue weighted by Crippen LogP contribution is -2.10. The summed E-state index contributed by atoms with van der Waals surface area (Å²) in [6, 6.07) is 1.57. The molecule has 0 fully saturated rings. The summed E-state index contributed by atoms with van der Waals surface area (Å²) in [5.41, 5.74) is 7.31. The molecule has 0 aromatic carbocycles. The van der Waals surface area contributed by atoms with Crippen molar-refractivity contribution < 1.29 is 9.53 Å². The second-order valence-corrected chi connectivity index (χ2v) is 3.81. The number of anilines is 1. The van der Waals surface area contributed by atoms with Crippen molar-refractivity contribution in [1.29, 1.82) is 0 Å². The Balaban J connectivity index is 2.40. The van der Waals surface area contributed by atoms with Crippen LogP contribution >= 0.6 is 0 Å². The van der Waals surface area contributed by atoms with E-state index in [-0.39, 0.29) is 0 Å². The van der Waals surface area contributed by atoms with Crippen molar-refractivity contribution in [3.05, 3.63) is 35.8 Å². The standard InChI is InChI=1S/C12H14N4O2/c1-3-18-12(17)9-4-11(14-6-10(9)13)16-7-8(2)5-15-16/h4-7H,3,13H2,1-2H3. The second-order valence-electron chi connectivity index (χ2n) is 3.81. The Morgan fingerprint density at radius 1 is 1.50 bits per heavy atom. The van der Waals surface area contributed by atoms with E-state index in [1.54, 1.807) is 23.9 Å². The number of nitrogen functional groups attached to an aromatic ring is 1. The molecule has 2 aromatic rings. The lowest BCUT2D eigenvalue weighted by atomic mass is 10.2. The highest BCUT2D eigenvalue weighted by Crippen LogP contribution is 2.15. The molecule has 0 unspecified atom stereocenters. The van der Waals surface area contributed by atoms with Crippen LogP contribution in [0.4, 0.5) is 5.69 Å². The van der Waals surface area contributed by atoms with E-state index < -0.39 is 5.97 Å². The highest BCUT2D eigenvalue weighted by molar-refractivity contribution is 5.95. The van der Waals surface area contributed by atoms with Crippen molar-refractivity contribution in [2.75, 3.05) is 12.3 Å². The minimum Gasteiger partial charge on any atom is -0.462 e. The molecule has 0 amide bonds. The highest BCUT2D eigenvalue weighted by Gasteiger charge is 2.13. The molecule has 0 atom stereocenters. The molecule has 2 N–H and O–H groups in total. The molecule has 0 aliphatic heterocycles. The fourth-order valence-electron chi connectivity index (χ4n) is 1.50. The molecule has 0 aliphatic rings. The van der Waals surface area contributed by atoms with Gasteiger partial charge in [0.2, 0.25) is 0 Å². The number of pyridine rings is 1. The van der Waals surface area contributed by atoms with Gasteiger partial charge < -0.3 is 10.5 Å². The smallest absolute Gasteiger partial charge is 0.340 e. The van der Waals surface area contributed by atoms with Gasteiger partial charge in [0.1, 0.15) is 0 Å². The lowest BCUT2D eigenvalue weighted by molar-refractivity contribution is 0.0527. The van der Waals surface area contributed by atoms with Gasteiger partial charge in [-0.15, -0.1) is 0 Å². The van der Waals surface area contributed by atoms with Crippen molar-refractivity contribution >= 4 is 11.7 Å². The predicted molar refractivity (Wildman–Crippen MR) is 66.5 cm³/mol. The van der Waals surface area contributed by atoms with E-state index in [1.165, 1.54) is 6.20 Å². The molecule has 2 heterocycles. The van der Waals surface area contributed by atoms with Gasteiger partial charge in [-0.1, -0.05) is 0 Å². The number of rotatable bonds is 3. The maximum absolute atomic E-state index is 11.7. The minimum absolute atomic E-state index is 0.293. The number of carbonyl (C=O) groups excluding carboxylic acids is 1. The van der Waals surface area contributed by atoms with Crippen LogP contribution in [0.2, 0.25) is 0 Å². The Bertz CT molecular complexity index is 577. The maximum Gasteiger partial charge on any atom is 0.340 e. The zero-order valence-electron chi connectivity index (χ0n) is 10.3. The molecule has 0 spiro atoms. The number of aryl methyl sites for hydroxylation is 1. The number of hydrogen-bond donors (Lipinski definition) is 1. The summed E-state index contributed by atoms with van der Waals surface area (Å²) in [7, 11) is 0. The molecular formula is C12H14N4O2. The third-order valence-corrected chi connectivity index (χ3v) is 2.36. The van der Waals surface area contributed by atoms with Crippen LogP contribution in [0.1, 0.15) is 22.8 Å². The Morgan fingerprint density at radius 2 is 2.28 bits per heavy atom. The molecule has 94 valence electrons. The fraction of sp³-hybridized carbons (Fsp3) is 0.250. The lowest BCUT2D eigenvalue weighted by Gasteiger charge is -2.07.